The molecule has 0 unspecified atom stereocenters. The molecule has 15 heavy (non-hydrogen) atoms. The molecule has 0 saturated carbocycles. The summed E-state index contributed by atoms with van der Waals surface area (Å²) in [4.78, 5) is 10.6. The van der Waals surface area contributed by atoms with E-state index in [9.17, 15) is 4.79 Å². The first kappa shape index (κ1) is 13.9. The molecule has 86 valence electrons. The van der Waals surface area contributed by atoms with Gasteiger partial charge in [-0.05, 0) is 25.7 Å². The highest BCUT2D eigenvalue weighted by Crippen LogP contribution is 2.11. The van der Waals surface area contributed by atoms with Gasteiger partial charge < -0.3 is 5.11 Å². The summed E-state index contributed by atoms with van der Waals surface area (Å²) in [6.07, 6.45) is 11.6. The lowest BCUT2D eigenvalue weighted by Gasteiger charge is -2.01. The van der Waals surface area contributed by atoms with E-state index in [1.807, 2.05) is 13.0 Å². The predicted octanol–water partition coefficient (Wildman–Crippen LogP) is 3.93. The molecule has 0 aliphatic rings. The standard InChI is InChI=1S/C13H22O2/c1-3-5-6-7-8-10-12(9-4-2)11-13(14)15/h6-7,9H,3-5,8,10-11H2,1-2H3,(H,14,15). The van der Waals surface area contributed by atoms with E-state index in [0.29, 0.717) is 0 Å². The number of carboxylic acid groups (broad SMARTS) is 1. The number of unbranched alkanes of at least 4 members (excludes halogenated alkanes) is 1. The largest absolute Gasteiger partial charge is 0.481 e. The lowest BCUT2D eigenvalue weighted by atomic mass is 10.1. The third kappa shape index (κ3) is 9.26. The van der Waals surface area contributed by atoms with Gasteiger partial charge in [0.25, 0.3) is 0 Å². The van der Waals surface area contributed by atoms with Crippen LogP contribution >= 0.6 is 0 Å². The third-order valence-electron chi connectivity index (χ3n) is 2.13. The van der Waals surface area contributed by atoms with Crippen molar-refractivity contribution in [1.29, 1.82) is 0 Å². The monoisotopic (exact) mass is 210 g/mol. The van der Waals surface area contributed by atoms with Crippen molar-refractivity contribution in [2.24, 2.45) is 0 Å². The quantitative estimate of drug-likeness (QED) is 0.616. The predicted molar refractivity (Wildman–Crippen MR) is 63.9 cm³/mol. The highest BCUT2D eigenvalue weighted by molar-refractivity contribution is 5.69. The van der Waals surface area contributed by atoms with Gasteiger partial charge in [0, 0.05) is 0 Å². The molecule has 0 rings (SSSR count). The average molecular weight is 210 g/mol. The van der Waals surface area contributed by atoms with Gasteiger partial charge in [0.05, 0.1) is 6.42 Å². The Labute approximate surface area is 92.7 Å². The minimum Gasteiger partial charge on any atom is -0.481 e. The number of hydrogen-bond donors (Lipinski definition) is 1. The SMILES string of the molecule is CCC=C(CCC=CCCC)CC(=O)O. The molecular weight excluding hydrogens is 188 g/mol. The summed E-state index contributed by atoms with van der Waals surface area (Å²) < 4.78 is 0. The van der Waals surface area contributed by atoms with Crippen LogP contribution in [0.25, 0.3) is 0 Å². The molecular formula is C13H22O2. The van der Waals surface area contributed by atoms with E-state index in [-0.39, 0.29) is 6.42 Å². The van der Waals surface area contributed by atoms with E-state index in [1.54, 1.807) is 0 Å². The van der Waals surface area contributed by atoms with E-state index < -0.39 is 5.97 Å². The molecule has 0 aromatic rings. The summed E-state index contributed by atoms with van der Waals surface area (Å²) in [5, 5.41) is 8.69. The maximum Gasteiger partial charge on any atom is 0.307 e. The molecule has 2 nitrogen and oxygen atoms in total. The van der Waals surface area contributed by atoms with Crippen molar-refractivity contribution in [1.82, 2.24) is 0 Å². The molecule has 1 N–H and O–H groups in total. The Bertz CT molecular complexity index is 227. The van der Waals surface area contributed by atoms with Gasteiger partial charge in [-0.15, -0.1) is 0 Å². The van der Waals surface area contributed by atoms with Crippen LogP contribution in [0.4, 0.5) is 0 Å². The minimum absolute atomic E-state index is 0.190. The normalized spacial score (nSPS) is 12.3. The Morgan fingerprint density at radius 3 is 2.40 bits per heavy atom. The Morgan fingerprint density at radius 2 is 1.87 bits per heavy atom. The summed E-state index contributed by atoms with van der Waals surface area (Å²) in [7, 11) is 0. The zero-order chi connectivity index (χ0) is 11.5. The molecule has 0 aliphatic carbocycles. The molecule has 0 radical (unpaired) electrons. The molecule has 0 fully saturated rings. The van der Waals surface area contributed by atoms with Gasteiger partial charge in [0.1, 0.15) is 0 Å². The molecule has 0 aromatic heterocycles. The Balaban J connectivity index is 3.86. The topological polar surface area (TPSA) is 37.3 Å². The van der Waals surface area contributed by atoms with Gasteiger partial charge in [0.15, 0.2) is 0 Å². The first-order valence-corrected chi connectivity index (χ1v) is 5.75. The van der Waals surface area contributed by atoms with E-state index in [1.165, 1.54) is 6.42 Å². The highest BCUT2D eigenvalue weighted by Gasteiger charge is 2.01. The fourth-order valence-corrected chi connectivity index (χ4v) is 1.42. The minimum atomic E-state index is -0.729. The van der Waals surface area contributed by atoms with Crippen LogP contribution in [0, 0.1) is 0 Å². The van der Waals surface area contributed by atoms with E-state index in [4.69, 9.17) is 5.11 Å². The van der Waals surface area contributed by atoms with Crippen LogP contribution in [0.2, 0.25) is 0 Å². The summed E-state index contributed by atoms with van der Waals surface area (Å²) >= 11 is 0. The van der Waals surface area contributed by atoms with Gasteiger partial charge in [0.2, 0.25) is 0 Å². The molecule has 0 aliphatic heterocycles. The number of carboxylic acids is 1. The van der Waals surface area contributed by atoms with Gasteiger partial charge in [-0.1, -0.05) is 44.1 Å². The van der Waals surface area contributed by atoms with Gasteiger partial charge in [-0.2, -0.15) is 0 Å². The van der Waals surface area contributed by atoms with E-state index in [2.05, 4.69) is 19.1 Å². The Hall–Kier alpha value is -1.05. The number of allylic oxidation sites excluding steroid dienone is 3. The Kier molecular flexibility index (Phi) is 8.84. The van der Waals surface area contributed by atoms with Crippen molar-refractivity contribution in [2.45, 2.75) is 52.4 Å². The van der Waals surface area contributed by atoms with Crippen LogP contribution in [-0.4, -0.2) is 11.1 Å². The van der Waals surface area contributed by atoms with E-state index in [0.717, 1.165) is 31.3 Å². The fraction of sp³-hybridized carbons (Fsp3) is 0.615. The third-order valence-corrected chi connectivity index (χ3v) is 2.13. The van der Waals surface area contributed by atoms with Crippen LogP contribution in [-0.2, 0) is 4.79 Å². The summed E-state index contributed by atoms with van der Waals surface area (Å²) in [5.74, 6) is -0.729. The van der Waals surface area contributed by atoms with Crippen molar-refractivity contribution in [3.63, 3.8) is 0 Å². The summed E-state index contributed by atoms with van der Waals surface area (Å²) in [5.41, 5.74) is 1.05. The zero-order valence-corrected chi connectivity index (χ0v) is 9.83. The molecule has 0 atom stereocenters. The van der Waals surface area contributed by atoms with Gasteiger partial charge in [-0.3, -0.25) is 4.79 Å². The first-order chi connectivity index (χ1) is 7.20. The van der Waals surface area contributed by atoms with Crippen LogP contribution in [0.5, 0.6) is 0 Å². The number of rotatable bonds is 8. The lowest BCUT2D eigenvalue weighted by Crippen LogP contribution is -1.97. The van der Waals surface area contributed by atoms with Gasteiger partial charge in [-0.25, -0.2) is 0 Å². The maximum absolute atomic E-state index is 10.6. The smallest absolute Gasteiger partial charge is 0.307 e. The lowest BCUT2D eigenvalue weighted by molar-refractivity contribution is -0.136. The van der Waals surface area contributed by atoms with E-state index >= 15 is 0 Å². The van der Waals surface area contributed by atoms with Crippen molar-refractivity contribution in [3.8, 4) is 0 Å². The molecule has 0 amide bonds. The summed E-state index contributed by atoms with van der Waals surface area (Å²) in [6, 6.07) is 0. The molecule has 0 bridgehead atoms. The summed E-state index contributed by atoms with van der Waals surface area (Å²) in [6.45, 7) is 4.19. The first-order valence-electron chi connectivity index (χ1n) is 5.75. The van der Waals surface area contributed by atoms with Crippen molar-refractivity contribution in [3.05, 3.63) is 23.8 Å². The maximum atomic E-state index is 10.6. The number of aliphatic carboxylic acids is 1. The molecule has 0 aromatic carbocycles. The zero-order valence-electron chi connectivity index (χ0n) is 9.83. The van der Waals surface area contributed by atoms with Crippen LogP contribution in [0.1, 0.15) is 52.4 Å². The second-order valence-electron chi connectivity index (χ2n) is 3.64. The van der Waals surface area contributed by atoms with Crippen molar-refractivity contribution >= 4 is 5.97 Å². The van der Waals surface area contributed by atoms with Crippen LogP contribution < -0.4 is 0 Å². The second-order valence-corrected chi connectivity index (χ2v) is 3.64. The second kappa shape index (κ2) is 9.50. The Morgan fingerprint density at radius 1 is 1.20 bits per heavy atom. The fourth-order valence-electron chi connectivity index (χ4n) is 1.42. The number of carbonyl (C=O) groups is 1. The molecule has 0 heterocycles. The van der Waals surface area contributed by atoms with Crippen LogP contribution in [0.15, 0.2) is 23.8 Å². The number of hydrogen-bond acceptors (Lipinski definition) is 1. The molecule has 2 heteroatoms. The molecule has 0 saturated heterocycles. The van der Waals surface area contributed by atoms with Crippen molar-refractivity contribution < 1.29 is 9.90 Å². The molecule has 0 spiro atoms. The van der Waals surface area contributed by atoms with Crippen LogP contribution in [0.3, 0.4) is 0 Å². The van der Waals surface area contributed by atoms with Gasteiger partial charge >= 0.3 is 5.97 Å². The average Bonchev–Trinajstić information content (AvgIpc) is 2.17. The van der Waals surface area contributed by atoms with Crippen molar-refractivity contribution in [2.75, 3.05) is 0 Å². The highest BCUT2D eigenvalue weighted by atomic mass is 16.4.